The Bertz CT molecular complexity index is 1190. The number of ether oxygens (including phenoxy) is 2. The van der Waals surface area contributed by atoms with Crippen molar-refractivity contribution in [2.45, 2.75) is 11.8 Å². The molecule has 0 radical (unpaired) electrons. The average Bonchev–Trinajstić information content (AvgIpc) is 3.16. The first-order valence-corrected chi connectivity index (χ1v) is 10.7. The zero-order chi connectivity index (χ0) is 21.6. The predicted molar refractivity (Wildman–Crippen MR) is 122 cm³/mol. The van der Waals surface area contributed by atoms with Crippen LogP contribution in [-0.4, -0.2) is 33.5 Å². The fraction of sp³-hybridized carbons (Fsp3) is 0.174. The number of nitrogens with zero attached hydrogens (tertiary/aromatic N) is 3. The lowest BCUT2D eigenvalue weighted by Crippen LogP contribution is -2.14. The summed E-state index contributed by atoms with van der Waals surface area (Å²) in [6.45, 7) is 0.292. The number of hydrogen-bond acceptors (Lipinski definition) is 6. The van der Waals surface area contributed by atoms with Crippen molar-refractivity contribution < 1.29 is 14.3 Å². The van der Waals surface area contributed by atoms with Crippen molar-refractivity contribution in [3.05, 3.63) is 72.6 Å². The largest absolute Gasteiger partial charge is 0.497 e. The summed E-state index contributed by atoms with van der Waals surface area (Å²) in [6.07, 6.45) is 0. The van der Waals surface area contributed by atoms with Crippen LogP contribution in [0.4, 0.5) is 5.69 Å². The van der Waals surface area contributed by atoms with Gasteiger partial charge in [0.05, 0.1) is 12.9 Å². The van der Waals surface area contributed by atoms with E-state index in [0.717, 1.165) is 16.9 Å². The first-order valence-electron chi connectivity index (χ1n) is 9.69. The van der Waals surface area contributed by atoms with E-state index in [1.165, 1.54) is 17.1 Å². The minimum Gasteiger partial charge on any atom is -0.497 e. The molecule has 0 aliphatic rings. The Morgan fingerprint density at radius 3 is 2.52 bits per heavy atom. The van der Waals surface area contributed by atoms with Gasteiger partial charge in [-0.05, 0) is 47.2 Å². The number of anilines is 1. The van der Waals surface area contributed by atoms with E-state index in [1.807, 2.05) is 41.9 Å². The second-order valence-corrected chi connectivity index (χ2v) is 7.76. The molecule has 1 N–H and O–H groups in total. The van der Waals surface area contributed by atoms with Gasteiger partial charge < -0.3 is 19.4 Å². The van der Waals surface area contributed by atoms with Gasteiger partial charge in [0.2, 0.25) is 5.91 Å². The molecule has 1 aromatic heterocycles. The van der Waals surface area contributed by atoms with Crippen molar-refractivity contribution in [1.82, 2.24) is 14.8 Å². The molecule has 1 amide bonds. The molecule has 0 atom stereocenters. The molecule has 0 unspecified atom stereocenters. The standard InChI is InChI=1S/C23H22N4O3S/c1-27-21(14-30-20-10-7-16-5-3-4-6-17(16)13-20)25-26-23(27)31-15-22(28)24-18-8-11-19(29-2)12-9-18/h3-13H,14-15H2,1-2H3,(H,24,28). The fourth-order valence-corrected chi connectivity index (χ4v) is 3.73. The summed E-state index contributed by atoms with van der Waals surface area (Å²) < 4.78 is 12.9. The number of methoxy groups -OCH3 is 1. The Hall–Kier alpha value is -3.52. The third kappa shape index (κ3) is 5.16. The van der Waals surface area contributed by atoms with Gasteiger partial charge in [0.15, 0.2) is 11.0 Å². The molecule has 3 aromatic carbocycles. The number of thioether (sulfide) groups is 1. The molecule has 0 bridgehead atoms. The highest BCUT2D eigenvalue weighted by Gasteiger charge is 2.12. The quantitative estimate of drug-likeness (QED) is 0.417. The number of benzene rings is 3. The van der Waals surface area contributed by atoms with Crippen LogP contribution in [0.2, 0.25) is 0 Å². The average molecular weight is 435 g/mol. The van der Waals surface area contributed by atoms with Crippen LogP contribution in [0.25, 0.3) is 10.8 Å². The van der Waals surface area contributed by atoms with Crippen LogP contribution >= 0.6 is 11.8 Å². The lowest BCUT2D eigenvalue weighted by Gasteiger charge is -2.08. The highest BCUT2D eigenvalue weighted by atomic mass is 32.2. The van der Waals surface area contributed by atoms with Gasteiger partial charge in [0, 0.05) is 12.7 Å². The molecular formula is C23H22N4O3S. The molecule has 1 heterocycles. The molecule has 8 heteroatoms. The molecule has 0 aliphatic carbocycles. The maximum absolute atomic E-state index is 12.2. The Balaban J connectivity index is 1.31. The molecular weight excluding hydrogens is 412 g/mol. The lowest BCUT2D eigenvalue weighted by atomic mass is 10.1. The van der Waals surface area contributed by atoms with Gasteiger partial charge in [-0.25, -0.2) is 0 Å². The van der Waals surface area contributed by atoms with Crippen LogP contribution in [0, 0.1) is 0 Å². The normalized spacial score (nSPS) is 10.8. The van der Waals surface area contributed by atoms with Crippen molar-refractivity contribution in [3.63, 3.8) is 0 Å². The number of aromatic nitrogens is 3. The monoisotopic (exact) mass is 434 g/mol. The summed E-state index contributed by atoms with van der Waals surface area (Å²) in [6, 6.07) is 21.3. The van der Waals surface area contributed by atoms with Gasteiger partial charge in [-0.15, -0.1) is 10.2 Å². The van der Waals surface area contributed by atoms with Crippen LogP contribution in [0.3, 0.4) is 0 Å². The number of fused-ring (bicyclic) bond motifs is 1. The number of nitrogens with one attached hydrogen (secondary N) is 1. The van der Waals surface area contributed by atoms with Crippen molar-refractivity contribution in [3.8, 4) is 11.5 Å². The second kappa shape index (κ2) is 9.53. The van der Waals surface area contributed by atoms with Crippen molar-refractivity contribution in [1.29, 1.82) is 0 Å². The molecule has 0 saturated carbocycles. The first kappa shape index (κ1) is 20.7. The number of rotatable bonds is 8. The van der Waals surface area contributed by atoms with E-state index in [9.17, 15) is 4.79 Å². The SMILES string of the molecule is COc1ccc(NC(=O)CSc2nnc(COc3ccc4ccccc4c3)n2C)cc1. The van der Waals surface area contributed by atoms with E-state index in [1.54, 1.807) is 31.4 Å². The zero-order valence-corrected chi connectivity index (χ0v) is 18.1. The molecule has 0 aliphatic heterocycles. The van der Waals surface area contributed by atoms with Crippen molar-refractivity contribution in [2.24, 2.45) is 7.05 Å². The molecule has 158 valence electrons. The van der Waals surface area contributed by atoms with Crippen LogP contribution < -0.4 is 14.8 Å². The molecule has 31 heavy (non-hydrogen) atoms. The smallest absolute Gasteiger partial charge is 0.234 e. The number of carbonyl (C=O) groups excluding carboxylic acids is 1. The number of carbonyl (C=O) groups is 1. The summed E-state index contributed by atoms with van der Waals surface area (Å²) in [5.41, 5.74) is 0.717. The van der Waals surface area contributed by atoms with Gasteiger partial charge in [0.1, 0.15) is 18.1 Å². The molecule has 0 fully saturated rings. The first-order chi connectivity index (χ1) is 15.1. The third-order valence-corrected chi connectivity index (χ3v) is 5.74. The van der Waals surface area contributed by atoms with Crippen LogP contribution in [0.5, 0.6) is 11.5 Å². The topological polar surface area (TPSA) is 78.3 Å². The highest BCUT2D eigenvalue weighted by Crippen LogP contribution is 2.22. The van der Waals surface area contributed by atoms with Gasteiger partial charge in [0.25, 0.3) is 0 Å². The molecule has 0 saturated heterocycles. The molecule has 4 aromatic rings. The summed E-state index contributed by atoms with van der Waals surface area (Å²) in [7, 11) is 3.47. The Morgan fingerprint density at radius 2 is 1.74 bits per heavy atom. The summed E-state index contributed by atoms with van der Waals surface area (Å²) in [5.74, 6) is 2.31. The molecule has 7 nitrogen and oxygen atoms in total. The number of hydrogen-bond donors (Lipinski definition) is 1. The minimum atomic E-state index is -0.118. The number of amides is 1. The van der Waals surface area contributed by atoms with E-state index in [2.05, 4.69) is 27.6 Å². The van der Waals surface area contributed by atoms with E-state index >= 15 is 0 Å². The third-order valence-electron chi connectivity index (χ3n) is 4.72. The second-order valence-electron chi connectivity index (χ2n) is 6.82. The van der Waals surface area contributed by atoms with Gasteiger partial charge in [-0.1, -0.05) is 42.1 Å². The summed E-state index contributed by atoms with van der Waals surface area (Å²) in [4.78, 5) is 12.2. The maximum Gasteiger partial charge on any atom is 0.234 e. The van der Waals surface area contributed by atoms with Gasteiger partial charge in [-0.3, -0.25) is 4.79 Å². The fourth-order valence-electron chi connectivity index (χ4n) is 3.00. The van der Waals surface area contributed by atoms with Crippen molar-refractivity contribution >= 4 is 34.1 Å². The van der Waals surface area contributed by atoms with E-state index in [4.69, 9.17) is 9.47 Å². The van der Waals surface area contributed by atoms with Gasteiger partial charge in [-0.2, -0.15) is 0 Å². The summed E-state index contributed by atoms with van der Waals surface area (Å²) in [5, 5.41) is 14.2. The highest BCUT2D eigenvalue weighted by molar-refractivity contribution is 7.99. The zero-order valence-electron chi connectivity index (χ0n) is 17.2. The minimum absolute atomic E-state index is 0.118. The molecule has 4 rings (SSSR count). The van der Waals surface area contributed by atoms with E-state index < -0.39 is 0 Å². The van der Waals surface area contributed by atoms with E-state index in [-0.39, 0.29) is 11.7 Å². The Morgan fingerprint density at radius 1 is 1.00 bits per heavy atom. The molecule has 0 spiro atoms. The van der Waals surface area contributed by atoms with Crippen LogP contribution in [0.15, 0.2) is 71.9 Å². The van der Waals surface area contributed by atoms with Crippen LogP contribution in [-0.2, 0) is 18.4 Å². The van der Waals surface area contributed by atoms with Crippen molar-refractivity contribution in [2.75, 3.05) is 18.2 Å². The Kier molecular flexibility index (Phi) is 6.37. The lowest BCUT2D eigenvalue weighted by molar-refractivity contribution is -0.113. The van der Waals surface area contributed by atoms with Gasteiger partial charge >= 0.3 is 0 Å². The van der Waals surface area contributed by atoms with Crippen LogP contribution in [0.1, 0.15) is 5.82 Å². The predicted octanol–water partition coefficient (Wildman–Crippen LogP) is 4.29. The maximum atomic E-state index is 12.2. The Labute approximate surface area is 184 Å². The van der Waals surface area contributed by atoms with E-state index in [0.29, 0.717) is 23.3 Å². The summed E-state index contributed by atoms with van der Waals surface area (Å²) >= 11 is 1.32.